The van der Waals surface area contributed by atoms with E-state index in [0.29, 0.717) is 19.4 Å². The number of H-pyrrole nitrogens is 1. The minimum absolute atomic E-state index is 0.0500. The molecule has 0 bridgehead atoms. The molecule has 0 aliphatic carbocycles. The van der Waals surface area contributed by atoms with Crippen molar-refractivity contribution >= 4 is 0 Å². The molecule has 1 aromatic heterocycles. The lowest BCUT2D eigenvalue weighted by Gasteiger charge is -2.26. The number of likely N-dealkylation sites (tertiary alicyclic amines) is 1. The molecule has 0 radical (unpaired) electrons. The Labute approximate surface area is 225 Å². The molecule has 1 aliphatic rings. The SMILES string of the molecule is Cc1nc(CCCOc2cccc(CN3CCCCC3)c2)[nH]c(=O)c1Cc1ccc(-c2ccccc2)cc1. The third-order valence-corrected chi connectivity index (χ3v) is 7.29. The van der Waals surface area contributed by atoms with E-state index in [4.69, 9.17) is 9.72 Å². The molecular weight excluding hydrogens is 470 g/mol. The molecule has 1 fully saturated rings. The number of nitrogens with one attached hydrogen (secondary N) is 1. The van der Waals surface area contributed by atoms with Gasteiger partial charge in [0.25, 0.3) is 5.56 Å². The summed E-state index contributed by atoms with van der Waals surface area (Å²) in [6, 6.07) is 27.1. The van der Waals surface area contributed by atoms with E-state index in [0.717, 1.165) is 41.4 Å². The van der Waals surface area contributed by atoms with Crippen molar-refractivity contribution in [2.75, 3.05) is 19.7 Å². The van der Waals surface area contributed by atoms with Gasteiger partial charge in [0.1, 0.15) is 11.6 Å². The molecule has 1 aliphatic heterocycles. The van der Waals surface area contributed by atoms with Crippen LogP contribution in [0.2, 0.25) is 0 Å². The lowest BCUT2D eigenvalue weighted by atomic mass is 10.0. The van der Waals surface area contributed by atoms with Gasteiger partial charge in [0, 0.05) is 30.6 Å². The van der Waals surface area contributed by atoms with E-state index in [9.17, 15) is 4.79 Å². The number of piperidine rings is 1. The smallest absolute Gasteiger partial charge is 0.254 e. The van der Waals surface area contributed by atoms with Gasteiger partial charge in [-0.1, -0.05) is 73.2 Å². The van der Waals surface area contributed by atoms with Gasteiger partial charge in [-0.3, -0.25) is 9.69 Å². The molecule has 5 rings (SSSR count). The van der Waals surface area contributed by atoms with Crippen molar-refractivity contribution < 1.29 is 4.74 Å². The third kappa shape index (κ3) is 6.99. The summed E-state index contributed by atoms with van der Waals surface area (Å²) in [5, 5.41) is 0. The van der Waals surface area contributed by atoms with Gasteiger partial charge in [-0.15, -0.1) is 0 Å². The fourth-order valence-electron chi connectivity index (χ4n) is 5.18. The van der Waals surface area contributed by atoms with Crippen molar-refractivity contribution in [2.45, 2.75) is 52.0 Å². The maximum atomic E-state index is 12.9. The molecule has 196 valence electrons. The molecular formula is C33H37N3O2. The quantitative estimate of drug-likeness (QED) is 0.255. The molecule has 0 unspecified atom stereocenters. The number of rotatable bonds is 10. The van der Waals surface area contributed by atoms with Crippen LogP contribution in [0.1, 0.15) is 53.9 Å². The second-order valence-electron chi connectivity index (χ2n) is 10.3. The Morgan fingerprint density at radius 2 is 1.63 bits per heavy atom. The van der Waals surface area contributed by atoms with Crippen molar-refractivity contribution in [3.63, 3.8) is 0 Å². The summed E-state index contributed by atoms with van der Waals surface area (Å²) in [5.41, 5.74) is 6.23. The normalized spacial score (nSPS) is 13.9. The molecule has 5 nitrogen and oxygen atoms in total. The summed E-state index contributed by atoms with van der Waals surface area (Å²) in [4.78, 5) is 23.1. The Balaban J connectivity index is 1.13. The third-order valence-electron chi connectivity index (χ3n) is 7.29. The average molecular weight is 508 g/mol. The van der Waals surface area contributed by atoms with E-state index in [1.165, 1.54) is 49.0 Å². The van der Waals surface area contributed by atoms with Crippen LogP contribution in [-0.2, 0) is 19.4 Å². The van der Waals surface area contributed by atoms with Crippen LogP contribution in [0.15, 0.2) is 83.7 Å². The number of hydrogen-bond donors (Lipinski definition) is 1. The molecule has 4 aromatic rings. The van der Waals surface area contributed by atoms with Crippen molar-refractivity contribution in [2.24, 2.45) is 0 Å². The van der Waals surface area contributed by atoms with Gasteiger partial charge in [0.2, 0.25) is 0 Å². The first kappa shape index (κ1) is 25.9. The van der Waals surface area contributed by atoms with Crippen LogP contribution in [0.5, 0.6) is 5.75 Å². The summed E-state index contributed by atoms with van der Waals surface area (Å²) in [5.74, 6) is 1.63. The molecule has 38 heavy (non-hydrogen) atoms. The monoisotopic (exact) mass is 507 g/mol. The number of benzene rings is 3. The number of aromatic nitrogens is 2. The summed E-state index contributed by atoms with van der Waals surface area (Å²) in [6.07, 6.45) is 5.99. The first-order chi connectivity index (χ1) is 18.6. The first-order valence-corrected chi connectivity index (χ1v) is 13.8. The van der Waals surface area contributed by atoms with Gasteiger partial charge >= 0.3 is 0 Å². The molecule has 1 N–H and O–H groups in total. The maximum absolute atomic E-state index is 12.9. The zero-order chi connectivity index (χ0) is 26.2. The van der Waals surface area contributed by atoms with E-state index >= 15 is 0 Å². The fourth-order valence-corrected chi connectivity index (χ4v) is 5.18. The zero-order valence-corrected chi connectivity index (χ0v) is 22.3. The fraction of sp³-hybridized carbons (Fsp3) is 0.333. The minimum atomic E-state index is -0.0500. The average Bonchev–Trinajstić information content (AvgIpc) is 2.95. The lowest BCUT2D eigenvalue weighted by molar-refractivity contribution is 0.220. The van der Waals surface area contributed by atoms with Gasteiger partial charge in [0.05, 0.1) is 6.61 Å². The topological polar surface area (TPSA) is 58.2 Å². The van der Waals surface area contributed by atoms with Gasteiger partial charge in [-0.05, 0) is 73.7 Å². The molecule has 0 saturated carbocycles. The van der Waals surface area contributed by atoms with Gasteiger partial charge < -0.3 is 9.72 Å². The Morgan fingerprint density at radius 3 is 2.39 bits per heavy atom. The van der Waals surface area contributed by atoms with Crippen LogP contribution in [0, 0.1) is 6.92 Å². The Hall–Kier alpha value is -3.70. The van der Waals surface area contributed by atoms with Crippen LogP contribution in [0.3, 0.4) is 0 Å². The van der Waals surface area contributed by atoms with Gasteiger partial charge in [-0.25, -0.2) is 4.98 Å². The summed E-state index contributed by atoms with van der Waals surface area (Å²) in [7, 11) is 0. The van der Waals surface area contributed by atoms with Crippen molar-refractivity contribution in [1.29, 1.82) is 0 Å². The minimum Gasteiger partial charge on any atom is -0.494 e. The number of aryl methyl sites for hydroxylation is 2. The molecule has 5 heteroatoms. The van der Waals surface area contributed by atoms with E-state index < -0.39 is 0 Å². The van der Waals surface area contributed by atoms with E-state index in [-0.39, 0.29) is 5.56 Å². The van der Waals surface area contributed by atoms with Gasteiger partial charge in [0.15, 0.2) is 0 Å². The van der Waals surface area contributed by atoms with Crippen LogP contribution in [-0.4, -0.2) is 34.6 Å². The first-order valence-electron chi connectivity index (χ1n) is 13.8. The van der Waals surface area contributed by atoms with Crippen molar-refractivity contribution in [1.82, 2.24) is 14.9 Å². The number of hydrogen-bond acceptors (Lipinski definition) is 4. The maximum Gasteiger partial charge on any atom is 0.254 e. The van der Waals surface area contributed by atoms with Crippen molar-refractivity contribution in [3.05, 3.63) is 117 Å². The zero-order valence-electron chi connectivity index (χ0n) is 22.3. The van der Waals surface area contributed by atoms with E-state index in [1.807, 2.05) is 31.2 Å². The Bertz CT molecular complexity index is 1370. The summed E-state index contributed by atoms with van der Waals surface area (Å²) < 4.78 is 6.02. The predicted molar refractivity (Wildman–Crippen MR) is 154 cm³/mol. The second-order valence-corrected chi connectivity index (χ2v) is 10.3. The number of ether oxygens (including phenoxy) is 1. The highest BCUT2D eigenvalue weighted by Crippen LogP contribution is 2.21. The number of nitrogens with zero attached hydrogens (tertiary/aromatic N) is 2. The standard InChI is InChI=1S/C33H37N3O2/c1-25-31(23-26-15-17-29(18-16-26)28-11-4-2-5-12-28)33(37)35-32(34-25)14-9-21-38-30-13-8-10-27(22-30)24-36-19-6-3-7-20-36/h2,4-5,8,10-13,15-18,22H,3,6-7,9,14,19-21,23-24H2,1H3,(H,34,35,37). The Morgan fingerprint density at radius 1 is 0.868 bits per heavy atom. The van der Waals surface area contributed by atoms with Crippen LogP contribution >= 0.6 is 0 Å². The highest BCUT2D eigenvalue weighted by molar-refractivity contribution is 5.63. The van der Waals surface area contributed by atoms with E-state index in [1.54, 1.807) is 0 Å². The molecule has 3 aromatic carbocycles. The number of aromatic amines is 1. The second kappa shape index (κ2) is 12.7. The lowest BCUT2D eigenvalue weighted by Crippen LogP contribution is -2.29. The van der Waals surface area contributed by atoms with E-state index in [2.05, 4.69) is 64.5 Å². The predicted octanol–water partition coefficient (Wildman–Crippen LogP) is 6.33. The van der Waals surface area contributed by atoms with Crippen LogP contribution in [0.25, 0.3) is 11.1 Å². The molecule has 2 heterocycles. The Kier molecular flexibility index (Phi) is 8.67. The highest BCUT2D eigenvalue weighted by atomic mass is 16.5. The highest BCUT2D eigenvalue weighted by Gasteiger charge is 2.12. The van der Waals surface area contributed by atoms with Crippen LogP contribution < -0.4 is 10.3 Å². The molecule has 0 atom stereocenters. The largest absolute Gasteiger partial charge is 0.494 e. The molecule has 1 saturated heterocycles. The van der Waals surface area contributed by atoms with Gasteiger partial charge in [-0.2, -0.15) is 0 Å². The summed E-state index contributed by atoms with van der Waals surface area (Å²) in [6.45, 7) is 5.89. The summed E-state index contributed by atoms with van der Waals surface area (Å²) >= 11 is 0. The van der Waals surface area contributed by atoms with Crippen LogP contribution in [0.4, 0.5) is 0 Å². The molecule has 0 spiro atoms. The van der Waals surface area contributed by atoms with Crippen molar-refractivity contribution in [3.8, 4) is 16.9 Å². The molecule has 0 amide bonds.